The molecule has 110 valence electrons. The Labute approximate surface area is 124 Å². The van der Waals surface area contributed by atoms with E-state index in [-0.39, 0.29) is 5.91 Å². The molecule has 0 saturated carbocycles. The highest BCUT2D eigenvalue weighted by Gasteiger charge is 2.13. The summed E-state index contributed by atoms with van der Waals surface area (Å²) < 4.78 is 10.4. The van der Waals surface area contributed by atoms with Crippen LogP contribution in [0.2, 0.25) is 0 Å². The predicted molar refractivity (Wildman–Crippen MR) is 83.4 cm³/mol. The van der Waals surface area contributed by atoms with Crippen molar-refractivity contribution < 1.29 is 14.3 Å². The Bertz CT molecular complexity index is 645. The number of benzene rings is 2. The van der Waals surface area contributed by atoms with Crippen molar-refractivity contribution in [2.24, 2.45) is 0 Å². The van der Waals surface area contributed by atoms with Gasteiger partial charge in [-0.1, -0.05) is 6.07 Å². The van der Waals surface area contributed by atoms with Gasteiger partial charge in [-0.15, -0.1) is 0 Å². The average molecular weight is 285 g/mol. The van der Waals surface area contributed by atoms with Crippen LogP contribution in [-0.4, -0.2) is 20.1 Å². The zero-order valence-electron chi connectivity index (χ0n) is 12.7. The van der Waals surface area contributed by atoms with Crippen molar-refractivity contribution in [1.82, 2.24) is 0 Å². The van der Waals surface area contributed by atoms with Crippen LogP contribution in [0.4, 0.5) is 5.69 Å². The fourth-order valence-electron chi connectivity index (χ4n) is 2.23. The number of hydrogen-bond acceptors (Lipinski definition) is 3. The van der Waals surface area contributed by atoms with Gasteiger partial charge in [-0.05, 0) is 49.2 Å². The molecule has 2 aromatic rings. The summed E-state index contributed by atoms with van der Waals surface area (Å²) in [6.45, 7) is 3.99. The Morgan fingerprint density at radius 3 is 2.19 bits per heavy atom. The van der Waals surface area contributed by atoms with Crippen LogP contribution in [0.5, 0.6) is 11.5 Å². The van der Waals surface area contributed by atoms with Crippen LogP contribution >= 0.6 is 0 Å². The van der Waals surface area contributed by atoms with Crippen molar-refractivity contribution >= 4 is 11.6 Å². The molecule has 2 rings (SSSR count). The van der Waals surface area contributed by atoms with Crippen LogP contribution in [0.3, 0.4) is 0 Å². The Balaban J connectivity index is 2.27. The topological polar surface area (TPSA) is 47.6 Å². The van der Waals surface area contributed by atoms with Crippen LogP contribution in [0.15, 0.2) is 36.4 Å². The molecule has 4 heteroatoms. The van der Waals surface area contributed by atoms with Gasteiger partial charge in [0.1, 0.15) is 11.5 Å². The van der Waals surface area contributed by atoms with E-state index in [1.165, 1.54) is 7.11 Å². The highest BCUT2D eigenvalue weighted by molar-refractivity contribution is 6.06. The highest BCUT2D eigenvalue weighted by atomic mass is 16.5. The van der Waals surface area contributed by atoms with Gasteiger partial charge in [0, 0.05) is 11.8 Å². The van der Waals surface area contributed by atoms with Gasteiger partial charge in [0.05, 0.1) is 19.8 Å². The van der Waals surface area contributed by atoms with E-state index in [4.69, 9.17) is 9.47 Å². The maximum absolute atomic E-state index is 12.4. The van der Waals surface area contributed by atoms with Crippen molar-refractivity contribution in [1.29, 1.82) is 0 Å². The Morgan fingerprint density at radius 2 is 1.62 bits per heavy atom. The standard InChI is InChI=1S/C17H19NO3/c1-11-7-12(2)9-13(8-11)18-17(19)15-6-5-14(20-3)10-16(15)21-4/h5-10H,1-4H3,(H,18,19). The third-order valence-electron chi connectivity index (χ3n) is 3.13. The van der Waals surface area contributed by atoms with Crippen LogP contribution in [0.1, 0.15) is 21.5 Å². The van der Waals surface area contributed by atoms with Crippen LogP contribution in [0.25, 0.3) is 0 Å². The number of carbonyl (C=O) groups is 1. The Kier molecular flexibility index (Phi) is 4.48. The molecule has 0 spiro atoms. The molecule has 0 radical (unpaired) electrons. The fraction of sp³-hybridized carbons (Fsp3) is 0.235. The molecule has 0 atom stereocenters. The molecule has 0 saturated heterocycles. The smallest absolute Gasteiger partial charge is 0.259 e. The van der Waals surface area contributed by atoms with Gasteiger partial charge in [0.25, 0.3) is 5.91 Å². The summed E-state index contributed by atoms with van der Waals surface area (Å²) >= 11 is 0. The zero-order valence-corrected chi connectivity index (χ0v) is 12.7. The second-order valence-electron chi connectivity index (χ2n) is 4.90. The average Bonchev–Trinajstić information content (AvgIpc) is 2.45. The number of amides is 1. The van der Waals surface area contributed by atoms with E-state index in [2.05, 4.69) is 11.4 Å². The number of methoxy groups -OCH3 is 2. The van der Waals surface area contributed by atoms with E-state index in [9.17, 15) is 4.79 Å². The fourth-order valence-corrected chi connectivity index (χ4v) is 2.23. The predicted octanol–water partition coefficient (Wildman–Crippen LogP) is 3.57. The molecule has 2 aromatic carbocycles. The molecule has 0 aliphatic rings. The minimum absolute atomic E-state index is 0.209. The lowest BCUT2D eigenvalue weighted by Gasteiger charge is -2.11. The molecule has 0 fully saturated rings. The van der Waals surface area contributed by atoms with Crippen LogP contribution < -0.4 is 14.8 Å². The molecule has 0 aliphatic carbocycles. The number of rotatable bonds is 4. The lowest BCUT2D eigenvalue weighted by molar-refractivity contribution is 0.102. The quantitative estimate of drug-likeness (QED) is 0.934. The van der Waals surface area contributed by atoms with E-state index in [0.717, 1.165) is 16.8 Å². The summed E-state index contributed by atoms with van der Waals surface area (Å²) in [6, 6.07) is 11.0. The number of carbonyl (C=O) groups excluding carboxylic acids is 1. The number of aryl methyl sites for hydroxylation is 2. The Hall–Kier alpha value is -2.49. The zero-order chi connectivity index (χ0) is 15.4. The molecule has 4 nitrogen and oxygen atoms in total. The number of anilines is 1. The van der Waals surface area contributed by atoms with Gasteiger partial charge in [-0.2, -0.15) is 0 Å². The summed E-state index contributed by atoms with van der Waals surface area (Å²) in [4.78, 5) is 12.4. The van der Waals surface area contributed by atoms with Gasteiger partial charge in [0.2, 0.25) is 0 Å². The van der Waals surface area contributed by atoms with E-state index < -0.39 is 0 Å². The third kappa shape index (κ3) is 3.54. The number of hydrogen-bond donors (Lipinski definition) is 1. The molecule has 0 bridgehead atoms. The molecule has 0 aromatic heterocycles. The SMILES string of the molecule is COc1ccc(C(=O)Nc2cc(C)cc(C)c2)c(OC)c1. The van der Waals surface area contributed by atoms with E-state index in [1.54, 1.807) is 25.3 Å². The minimum atomic E-state index is -0.209. The molecule has 0 unspecified atom stereocenters. The normalized spacial score (nSPS) is 10.1. The Morgan fingerprint density at radius 1 is 0.952 bits per heavy atom. The van der Waals surface area contributed by atoms with E-state index in [0.29, 0.717) is 17.1 Å². The van der Waals surface area contributed by atoms with Crippen molar-refractivity contribution in [3.8, 4) is 11.5 Å². The van der Waals surface area contributed by atoms with E-state index >= 15 is 0 Å². The van der Waals surface area contributed by atoms with Gasteiger partial charge in [-0.3, -0.25) is 4.79 Å². The van der Waals surface area contributed by atoms with Gasteiger partial charge < -0.3 is 14.8 Å². The summed E-state index contributed by atoms with van der Waals surface area (Å²) in [5.74, 6) is 0.922. The van der Waals surface area contributed by atoms with E-state index in [1.807, 2.05) is 26.0 Å². The molecular formula is C17H19NO3. The summed E-state index contributed by atoms with van der Waals surface area (Å²) in [5.41, 5.74) is 3.45. The van der Waals surface area contributed by atoms with Gasteiger partial charge in [0.15, 0.2) is 0 Å². The first-order valence-corrected chi connectivity index (χ1v) is 6.65. The first kappa shape index (κ1) is 14.9. The molecular weight excluding hydrogens is 266 g/mol. The largest absolute Gasteiger partial charge is 0.497 e. The minimum Gasteiger partial charge on any atom is -0.497 e. The monoisotopic (exact) mass is 285 g/mol. The summed E-state index contributed by atoms with van der Waals surface area (Å²) in [5, 5.41) is 2.89. The highest BCUT2D eigenvalue weighted by Crippen LogP contribution is 2.25. The lowest BCUT2D eigenvalue weighted by Crippen LogP contribution is -2.13. The lowest BCUT2D eigenvalue weighted by atomic mass is 10.1. The molecule has 1 N–H and O–H groups in total. The maximum atomic E-state index is 12.4. The molecule has 0 heterocycles. The molecule has 1 amide bonds. The first-order valence-electron chi connectivity index (χ1n) is 6.65. The number of ether oxygens (including phenoxy) is 2. The number of nitrogens with one attached hydrogen (secondary N) is 1. The summed E-state index contributed by atoms with van der Waals surface area (Å²) in [7, 11) is 3.10. The second kappa shape index (κ2) is 6.31. The van der Waals surface area contributed by atoms with Crippen molar-refractivity contribution in [3.05, 3.63) is 53.1 Å². The molecule has 21 heavy (non-hydrogen) atoms. The van der Waals surface area contributed by atoms with Gasteiger partial charge in [-0.25, -0.2) is 0 Å². The third-order valence-corrected chi connectivity index (χ3v) is 3.13. The van der Waals surface area contributed by atoms with Crippen LogP contribution in [-0.2, 0) is 0 Å². The van der Waals surface area contributed by atoms with Crippen molar-refractivity contribution in [2.75, 3.05) is 19.5 Å². The first-order chi connectivity index (χ1) is 10.0. The van der Waals surface area contributed by atoms with Gasteiger partial charge >= 0.3 is 0 Å². The second-order valence-corrected chi connectivity index (χ2v) is 4.90. The molecule has 0 aliphatic heterocycles. The van der Waals surface area contributed by atoms with Crippen molar-refractivity contribution in [3.63, 3.8) is 0 Å². The maximum Gasteiger partial charge on any atom is 0.259 e. The van der Waals surface area contributed by atoms with Crippen molar-refractivity contribution in [2.45, 2.75) is 13.8 Å². The van der Waals surface area contributed by atoms with Crippen LogP contribution in [0, 0.1) is 13.8 Å². The summed E-state index contributed by atoms with van der Waals surface area (Å²) in [6.07, 6.45) is 0.